The highest BCUT2D eigenvalue weighted by Crippen LogP contribution is 2.08. The summed E-state index contributed by atoms with van der Waals surface area (Å²) in [4.78, 5) is 22.5. The number of carbonyl (C=O) groups is 2. The van der Waals surface area contributed by atoms with Gasteiger partial charge < -0.3 is 15.7 Å². The number of amides is 2. The number of nitrogens with one attached hydrogen (secondary N) is 2. The molecule has 0 spiro atoms. The van der Waals surface area contributed by atoms with Gasteiger partial charge in [0.2, 0.25) is 0 Å². The molecule has 0 saturated heterocycles. The van der Waals surface area contributed by atoms with Crippen LogP contribution < -0.4 is 10.6 Å². The van der Waals surface area contributed by atoms with Crippen molar-refractivity contribution in [2.24, 2.45) is 0 Å². The van der Waals surface area contributed by atoms with Crippen LogP contribution in [-0.2, 0) is 9.59 Å². The van der Waals surface area contributed by atoms with Crippen molar-refractivity contribution in [1.29, 1.82) is 0 Å². The fourth-order valence-corrected chi connectivity index (χ4v) is 1.07. The SMILES string of the molecule is C[C@@H](O)CNC(=O)C(=O)Nc1cccc(F)c1. The number of rotatable bonds is 3. The van der Waals surface area contributed by atoms with Crippen molar-refractivity contribution in [3.05, 3.63) is 30.1 Å². The van der Waals surface area contributed by atoms with Crippen molar-refractivity contribution >= 4 is 17.5 Å². The molecule has 0 heterocycles. The van der Waals surface area contributed by atoms with Gasteiger partial charge in [0.05, 0.1) is 6.10 Å². The van der Waals surface area contributed by atoms with E-state index in [2.05, 4.69) is 10.6 Å². The van der Waals surface area contributed by atoms with Gasteiger partial charge in [-0.15, -0.1) is 0 Å². The minimum absolute atomic E-state index is 0.0184. The lowest BCUT2D eigenvalue weighted by Crippen LogP contribution is -2.38. The Hall–Kier alpha value is -1.95. The van der Waals surface area contributed by atoms with Gasteiger partial charge in [0.25, 0.3) is 0 Å². The van der Waals surface area contributed by atoms with E-state index >= 15 is 0 Å². The highest BCUT2D eigenvalue weighted by molar-refractivity contribution is 6.39. The van der Waals surface area contributed by atoms with Gasteiger partial charge in [0, 0.05) is 12.2 Å². The summed E-state index contributed by atoms with van der Waals surface area (Å²) in [6.45, 7) is 1.46. The molecule has 0 radical (unpaired) electrons. The van der Waals surface area contributed by atoms with Crippen molar-refractivity contribution in [2.75, 3.05) is 11.9 Å². The van der Waals surface area contributed by atoms with E-state index in [0.717, 1.165) is 6.07 Å². The monoisotopic (exact) mass is 240 g/mol. The second kappa shape index (κ2) is 5.95. The Bertz CT molecular complexity index is 421. The van der Waals surface area contributed by atoms with Crippen LogP contribution in [0, 0.1) is 5.82 Å². The smallest absolute Gasteiger partial charge is 0.313 e. The van der Waals surface area contributed by atoms with E-state index in [1.807, 2.05) is 0 Å². The summed E-state index contributed by atoms with van der Waals surface area (Å²) in [5.41, 5.74) is 0.196. The van der Waals surface area contributed by atoms with Crippen LogP contribution in [0.4, 0.5) is 10.1 Å². The molecule has 0 saturated carbocycles. The molecular formula is C11H13FN2O3. The Labute approximate surface area is 97.6 Å². The maximum Gasteiger partial charge on any atom is 0.313 e. The topological polar surface area (TPSA) is 78.4 Å². The van der Waals surface area contributed by atoms with E-state index in [-0.39, 0.29) is 12.2 Å². The predicted molar refractivity (Wildman–Crippen MR) is 59.7 cm³/mol. The van der Waals surface area contributed by atoms with Crippen LogP contribution in [0.2, 0.25) is 0 Å². The molecule has 0 bridgehead atoms. The average Bonchev–Trinajstić information content (AvgIpc) is 2.25. The number of carbonyl (C=O) groups excluding carboxylic acids is 2. The molecule has 1 rings (SSSR count). The highest BCUT2D eigenvalue weighted by Gasteiger charge is 2.13. The first-order chi connectivity index (χ1) is 7.99. The number of hydrogen-bond acceptors (Lipinski definition) is 3. The third-order valence-corrected chi connectivity index (χ3v) is 1.85. The minimum Gasteiger partial charge on any atom is -0.392 e. The molecule has 17 heavy (non-hydrogen) atoms. The summed E-state index contributed by atoms with van der Waals surface area (Å²) >= 11 is 0. The van der Waals surface area contributed by atoms with Gasteiger partial charge in [0.15, 0.2) is 0 Å². The molecule has 0 unspecified atom stereocenters. The molecule has 6 heteroatoms. The van der Waals surface area contributed by atoms with E-state index in [1.54, 1.807) is 0 Å². The normalized spacial score (nSPS) is 11.7. The Kier molecular flexibility index (Phi) is 4.59. The lowest BCUT2D eigenvalue weighted by atomic mass is 10.3. The molecule has 0 aliphatic carbocycles. The fourth-order valence-electron chi connectivity index (χ4n) is 1.07. The van der Waals surface area contributed by atoms with Gasteiger partial charge in [-0.2, -0.15) is 0 Å². The molecule has 92 valence electrons. The van der Waals surface area contributed by atoms with Crippen molar-refractivity contribution in [1.82, 2.24) is 5.32 Å². The first kappa shape index (κ1) is 13.1. The number of halogens is 1. The van der Waals surface area contributed by atoms with Crippen molar-refractivity contribution in [3.63, 3.8) is 0 Å². The lowest BCUT2D eigenvalue weighted by molar-refractivity contribution is -0.136. The Balaban J connectivity index is 2.51. The quantitative estimate of drug-likeness (QED) is 0.663. The summed E-state index contributed by atoms with van der Waals surface area (Å²) in [5, 5.41) is 13.4. The summed E-state index contributed by atoms with van der Waals surface area (Å²) in [6.07, 6.45) is -0.735. The van der Waals surface area contributed by atoms with E-state index in [1.165, 1.54) is 25.1 Å². The summed E-state index contributed by atoms with van der Waals surface area (Å²) in [7, 11) is 0. The van der Waals surface area contributed by atoms with Gasteiger partial charge in [-0.1, -0.05) is 6.07 Å². The standard InChI is InChI=1S/C11H13FN2O3/c1-7(15)6-13-10(16)11(17)14-9-4-2-3-8(12)5-9/h2-5,7,15H,6H2,1H3,(H,13,16)(H,14,17)/t7-/m1/s1. The largest absolute Gasteiger partial charge is 0.392 e. The highest BCUT2D eigenvalue weighted by atomic mass is 19.1. The van der Waals surface area contributed by atoms with Crippen LogP contribution in [0.1, 0.15) is 6.92 Å². The van der Waals surface area contributed by atoms with Crippen LogP contribution in [-0.4, -0.2) is 29.6 Å². The van der Waals surface area contributed by atoms with Crippen molar-refractivity contribution < 1.29 is 19.1 Å². The molecule has 0 aliphatic rings. The minimum atomic E-state index is -0.906. The summed E-state index contributed by atoms with van der Waals surface area (Å²) < 4.78 is 12.8. The van der Waals surface area contributed by atoms with Gasteiger partial charge in [0.1, 0.15) is 5.82 Å². The molecule has 1 aromatic rings. The van der Waals surface area contributed by atoms with Gasteiger partial charge >= 0.3 is 11.8 Å². The molecule has 2 amide bonds. The molecule has 1 aromatic carbocycles. The van der Waals surface area contributed by atoms with E-state index in [4.69, 9.17) is 5.11 Å². The maximum atomic E-state index is 12.8. The van der Waals surface area contributed by atoms with Crippen LogP contribution in [0.3, 0.4) is 0 Å². The zero-order chi connectivity index (χ0) is 12.8. The molecule has 0 aromatic heterocycles. The second-order valence-electron chi connectivity index (χ2n) is 3.52. The second-order valence-corrected chi connectivity index (χ2v) is 3.52. The zero-order valence-electron chi connectivity index (χ0n) is 9.24. The first-order valence-corrected chi connectivity index (χ1v) is 5.02. The summed E-state index contributed by atoms with van der Waals surface area (Å²) in [5.74, 6) is -2.29. The van der Waals surface area contributed by atoms with Crippen molar-refractivity contribution in [3.8, 4) is 0 Å². The van der Waals surface area contributed by atoms with Crippen LogP contribution in [0.25, 0.3) is 0 Å². The van der Waals surface area contributed by atoms with Crippen LogP contribution in [0.5, 0.6) is 0 Å². The van der Waals surface area contributed by atoms with Crippen LogP contribution in [0.15, 0.2) is 24.3 Å². The van der Waals surface area contributed by atoms with Gasteiger partial charge in [-0.3, -0.25) is 9.59 Å². The van der Waals surface area contributed by atoms with E-state index in [0.29, 0.717) is 0 Å². The Morgan fingerprint density at radius 1 is 1.41 bits per heavy atom. The predicted octanol–water partition coefficient (Wildman–Crippen LogP) is 0.261. The zero-order valence-corrected chi connectivity index (χ0v) is 9.24. The molecule has 0 fully saturated rings. The van der Waals surface area contributed by atoms with E-state index < -0.39 is 23.7 Å². The average molecular weight is 240 g/mol. The molecular weight excluding hydrogens is 227 g/mol. The van der Waals surface area contributed by atoms with E-state index in [9.17, 15) is 14.0 Å². The third kappa shape index (κ3) is 4.60. The number of hydrogen-bond donors (Lipinski definition) is 3. The first-order valence-electron chi connectivity index (χ1n) is 5.02. The van der Waals surface area contributed by atoms with Gasteiger partial charge in [-0.05, 0) is 25.1 Å². The lowest BCUT2D eigenvalue weighted by Gasteiger charge is -2.07. The Morgan fingerprint density at radius 3 is 2.71 bits per heavy atom. The Morgan fingerprint density at radius 2 is 2.12 bits per heavy atom. The van der Waals surface area contributed by atoms with Gasteiger partial charge in [-0.25, -0.2) is 4.39 Å². The molecule has 0 aliphatic heterocycles. The van der Waals surface area contributed by atoms with Crippen molar-refractivity contribution in [2.45, 2.75) is 13.0 Å². The van der Waals surface area contributed by atoms with Crippen LogP contribution >= 0.6 is 0 Å². The number of aliphatic hydroxyl groups excluding tert-OH is 1. The number of anilines is 1. The maximum absolute atomic E-state index is 12.8. The fraction of sp³-hybridized carbons (Fsp3) is 0.273. The molecule has 3 N–H and O–H groups in total. The molecule has 1 atom stereocenters. The number of aliphatic hydroxyl groups is 1. The third-order valence-electron chi connectivity index (χ3n) is 1.85. The number of benzene rings is 1. The summed E-state index contributed by atoms with van der Waals surface area (Å²) in [6, 6.07) is 5.20. The molecule has 5 nitrogen and oxygen atoms in total.